The van der Waals surface area contributed by atoms with Crippen LogP contribution in [0.5, 0.6) is 5.75 Å². The summed E-state index contributed by atoms with van der Waals surface area (Å²) in [6, 6.07) is 15.2. The van der Waals surface area contributed by atoms with E-state index in [0.29, 0.717) is 31.7 Å². The fraction of sp³-hybridized carbons (Fsp3) is 0.559. The normalized spacial score (nSPS) is 24.5. The van der Waals surface area contributed by atoms with E-state index in [1.54, 1.807) is 18.2 Å². The molecular weight excluding hydrogens is 530 g/mol. The van der Waals surface area contributed by atoms with E-state index >= 15 is 0 Å². The van der Waals surface area contributed by atoms with Gasteiger partial charge < -0.3 is 20.5 Å². The van der Waals surface area contributed by atoms with E-state index in [0.717, 1.165) is 82.6 Å². The Hall–Kier alpha value is -3.07. The number of rotatable bonds is 11. The first-order valence-electron chi connectivity index (χ1n) is 15.6. The maximum atomic E-state index is 13.0. The van der Waals surface area contributed by atoms with Gasteiger partial charge in [-0.3, -0.25) is 14.5 Å². The van der Waals surface area contributed by atoms with Gasteiger partial charge >= 0.3 is 5.97 Å². The van der Waals surface area contributed by atoms with Gasteiger partial charge in [0.2, 0.25) is 0 Å². The summed E-state index contributed by atoms with van der Waals surface area (Å²) < 4.78 is 5.88. The third-order valence-electron chi connectivity index (χ3n) is 9.58. The number of ether oxygens (including phenoxy) is 1. The summed E-state index contributed by atoms with van der Waals surface area (Å²) in [5, 5.41) is 16.8. The predicted octanol–water partition coefficient (Wildman–Crippen LogP) is 4.75. The van der Waals surface area contributed by atoms with Crippen molar-refractivity contribution in [1.29, 1.82) is 0 Å². The summed E-state index contributed by atoms with van der Waals surface area (Å²) in [4.78, 5) is 39.1. The van der Waals surface area contributed by atoms with Gasteiger partial charge in [0.15, 0.2) is 0 Å². The Morgan fingerprint density at radius 3 is 2.55 bits per heavy atom. The van der Waals surface area contributed by atoms with E-state index in [-0.39, 0.29) is 22.9 Å². The molecule has 3 fully saturated rings. The number of Topliss-reactive ketones (excluding diaryl/α,β-unsaturated/α-hetero) is 2. The largest absolute Gasteiger partial charge is 0.489 e. The van der Waals surface area contributed by atoms with Gasteiger partial charge in [-0.2, -0.15) is 0 Å². The van der Waals surface area contributed by atoms with E-state index < -0.39 is 11.4 Å². The van der Waals surface area contributed by atoms with Crippen LogP contribution in [-0.2, 0) is 22.7 Å². The van der Waals surface area contributed by atoms with Crippen LogP contribution in [0.3, 0.4) is 0 Å². The zero-order chi connectivity index (χ0) is 29.6. The number of hydrogen-bond acceptors (Lipinski definition) is 7. The number of nitrogens with one attached hydrogen (secondary N) is 2. The summed E-state index contributed by atoms with van der Waals surface area (Å²) >= 11 is 0. The van der Waals surface area contributed by atoms with Crippen LogP contribution in [-0.4, -0.2) is 65.3 Å². The molecule has 0 bridgehead atoms. The number of aromatic carboxylic acids is 1. The molecule has 0 amide bonds. The van der Waals surface area contributed by atoms with Crippen LogP contribution in [0.25, 0.3) is 0 Å². The lowest BCUT2D eigenvalue weighted by Crippen LogP contribution is -2.66. The predicted molar refractivity (Wildman–Crippen MR) is 162 cm³/mol. The topological polar surface area (TPSA) is 108 Å². The molecule has 1 spiro atoms. The van der Waals surface area contributed by atoms with Crippen LogP contribution in [0, 0.1) is 5.41 Å². The number of unbranched alkanes of at least 4 members (excludes halogenated alkanes) is 1. The molecule has 1 aliphatic carbocycles. The van der Waals surface area contributed by atoms with Gasteiger partial charge in [0.1, 0.15) is 23.9 Å². The van der Waals surface area contributed by atoms with Gasteiger partial charge in [0.25, 0.3) is 0 Å². The van der Waals surface area contributed by atoms with Crippen molar-refractivity contribution in [2.75, 3.05) is 26.2 Å². The van der Waals surface area contributed by atoms with Crippen molar-refractivity contribution in [3.8, 4) is 5.75 Å². The first kappa shape index (κ1) is 30.4. The van der Waals surface area contributed by atoms with E-state index in [9.17, 15) is 19.5 Å². The number of hydrogen-bond donors (Lipinski definition) is 3. The summed E-state index contributed by atoms with van der Waals surface area (Å²) in [6.45, 7) is 7.15. The molecule has 1 unspecified atom stereocenters. The van der Waals surface area contributed by atoms with Crippen LogP contribution in [0.4, 0.5) is 0 Å². The van der Waals surface area contributed by atoms with Crippen LogP contribution in [0.15, 0.2) is 48.5 Å². The van der Waals surface area contributed by atoms with Crippen molar-refractivity contribution in [2.45, 2.75) is 89.4 Å². The second kappa shape index (κ2) is 13.5. The number of likely N-dealkylation sites (tertiary alicyclic amines) is 1. The quantitative estimate of drug-likeness (QED) is 0.353. The minimum absolute atomic E-state index is 0.0889. The van der Waals surface area contributed by atoms with Crippen molar-refractivity contribution in [1.82, 2.24) is 15.5 Å². The zero-order valence-electron chi connectivity index (χ0n) is 24.8. The van der Waals surface area contributed by atoms with Gasteiger partial charge in [0.05, 0.1) is 5.56 Å². The fourth-order valence-electron chi connectivity index (χ4n) is 6.95. The zero-order valence-corrected chi connectivity index (χ0v) is 24.8. The van der Waals surface area contributed by atoms with Crippen molar-refractivity contribution in [3.63, 3.8) is 0 Å². The fourth-order valence-corrected chi connectivity index (χ4v) is 6.95. The van der Waals surface area contributed by atoms with Crippen LogP contribution < -0.4 is 15.4 Å². The van der Waals surface area contributed by atoms with E-state index in [4.69, 9.17) is 4.74 Å². The number of ketones is 2. The SMILES string of the molecule is CCCC[C@]1(CC2CNC3(CCN(Cc4ccc(OCc5cccc(C(=O)O)c5)cc4)CC3)CN2)CC(=O)CCC1=O. The smallest absolute Gasteiger partial charge is 0.335 e. The van der Waals surface area contributed by atoms with Crippen molar-refractivity contribution in [2.24, 2.45) is 5.41 Å². The van der Waals surface area contributed by atoms with E-state index in [1.165, 1.54) is 5.56 Å². The van der Waals surface area contributed by atoms with Crippen LogP contribution >= 0.6 is 0 Å². The highest BCUT2D eigenvalue weighted by atomic mass is 16.5. The molecule has 2 saturated heterocycles. The second-order valence-electron chi connectivity index (χ2n) is 12.7. The lowest BCUT2D eigenvalue weighted by molar-refractivity contribution is -0.140. The molecule has 5 rings (SSSR count). The van der Waals surface area contributed by atoms with Crippen molar-refractivity contribution >= 4 is 17.5 Å². The first-order valence-corrected chi connectivity index (χ1v) is 15.6. The van der Waals surface area contributed by atoms with Gasteiger partial charge in [0, 0.05) is 69.0 Å². The number of carbonyl (C=O) groups is 3. The number of carbonyl (C=O) groups excluding carboxylic acids is 2. The van der Waals surface area contributed by atoms with Crippen LogP contribution in [0.1, 0.15) is 86.2 Å². The molecule has 2 atom stereocenters. The maximum Gasteiger partial charge on any atom is 0.335 e. The molecule has 2 aromatic rings. The van der Waals surface area contributed by atoms with Gasteiger partial charge in [-0.1, -0.05) is 44.0 Å². The molecule has 2 aromatic carbocycles. The number of nitrogens with zero attached hydrogens (tertiary/aromatic N) is 1. The number of benzene rings is 2. The molecular formula is C34H45N3O5. The molecule has 0 radical (unpaired) electrons. The lowest BCUT2D eigenvalue weighted by Gasteiger charge is -2.48. The standard InChI is InChI=1S/C34H45N3O5/c1-2-3-13-33(20-29(38)9-12-31(33)39)19-28-21-36-34(24-35-28)14-16-37(17-15-34)22-25-7-10-30(11-8-25)42-23-26-5-4-6-27(18-26)32(40)41/h4-8,10-11,18,28,35-36H,2-3,9,12-17,19-24H2,1H3,(H,40,41)/t28?,33-/m0/s1. The minimum atomic E-state index is -0.939. The minimum Gasteiger partial charge on any atom is -0.489 e. The Bertz CT molecular complexity index is 1240. The van der Waals surface area contributed by atoms with Gasteiger partial charge in [-0.05, 0) is 61.1 Å². The number of piperazine rings is 1. The Labute approximate surface area is 249 Å². The summed E-state index contributed by atoms with van der Waals surface area (Å²) in [5.41, 5.74) is 1.95. The summed E-state index contributed by atoms with van der Waals surface area (Å²) in [6.07, 6.45) is 7.05. The highest BCUT2D eigenvalue weighted by Gasteiger charge is 2.45. The molecule has 226 valence electrons. The Morgan fingerprint density at radius 2 is 1.86 bits per heavy atom. The molecule has 2 aliphatic heterocycles. The Morgan fingerprint density at radius 1 is 1.07 bits per heavy atom. The Kier molecular flexibility index (Phi) is 9.76. The molecule has 1 saturated carbocycles. The maximum absolute atomic E-state index is 13.0. The molecule has 3 N–H and O–H groups in total. The molecule has 0 aromatic heterocycles. The van der Waals surface area contributed by atoms with Crippen molar-refractivity contribution < 1.29 is 24.2 Å². The van der Waals surface area contributed by atoms with Gasteiger partial charge in [-0.25, -0.2) is 4.79 Å². The first-order chi connectivity index (χ1) is 20.3. The molecule has 8 heteroatoms. The average molecular weight is 576 g/mol. The van der Waals surface area contributed by atoms with Gasteiger partial charge in [-0.15, -0.1) is 0 Å². The number of carboxylic acids is 1. The molecule has 42 heavy (non-hydrogen) atoms. The third kappa shape index (κ3) is 7.46. The summed E-state index contributed by atoms with van der Waals surface area (Å²) in [7, 11) is 0. The molecule has 3 aliphatic rings. The molecule has 8 nitrogen and oxygen atoms in total. The number of piperidine rings is 1. The Balaban J connectivity index is 1.07. The number of carboxylic acid groups (broad SMARTS) is 1. The van der Waals surface area contributed by atoms with Crippen molar-refractivity contribution in [3.05, 3.63) is 65.2 Å². The summed E-state index contributed by atoms with van der Waals surface area (Å²) in [5.74, 6) is 0.381. The lowest BCUT2D eigenvalue weighted by atomic mass is 9.65. The average Bonchev–Trinajstić information content (AvgIpc) is 3.00. The van der Waals surface area contributed by atoms with Crippen LogP contribution in [0.2, 0.25) is 0 Å². The van der Waals surface area contributed by atoms with E-state index in [1.807, 2.05) is 18.2 Å². The highest BCUT2D eigenvalue weighted by Crippen LogP contribution is 2.41. The highest BCUT2D eigenvalue weighted by molar-refractivity contribution is 5.97. The van der Waals surface area contributed by atoms with E-state index in [2.05, 4.69) is 34.6 Å². The monoisotopic (exact) mass is 575 g/mol. The second-order valence-corrected chi connectivity index (χ2v) is 12.7. The molecule has 2 heterocycles. The third-order valence-corrected chi connectivity index (χ3v) is 9.58.